The quantitative estimate of drug-likeness (QED) is 0.809. The molecule has 1 N–H and O–H groups in total. The average Bonchev–Trinajstić information content (AvgIpc) is 2.70. The number of hydrogen-bond donors (Lipinski definition) is 1. The van der Waals surface area contributed by atoms with Crippen LogP contribution in [0.3, 0.4) is 0 Å². The number of nitrogens with zero attached hydrogens (tertiary/aromatic N) is 3. The Hall–Kier alpha value is -1.23. The highest BCUT2D eigenvalue weighted by Crippen LogP contribution is 2.15. The molecule has 1 rings (SSSR count). The molecule has 5 nitrogen and oxygen atoms in total. The van der Waals surface area contributed by atoms with Crippen molar-refractivity contribution in [3.63, 3.8) is 0 Å². The minimum atomic E-state index is -0.0921. The molecule has 0 aromatic carbocycles. The van der Waals surface area contributed by atoms with Crippen molar-refractivity contribution in [3.05, 3.63) is 16.9 Å². The van der Waals surface area contributed by atoms with Crippen molar-refractivity contribution in [2.24, 2.45) is 0 Å². The monoisotopic (exact) mass is 272 g/mol. The van der Waals surface area contributed by atoms with E-state index in [0.29, 0.717) is 18.1 Å². The molecule has 1 aromatic rings. The van der Waals surface area contributed by atoms with Crippen LogP contribution in [0.4, 0.5) is 4.79 Å². The lowest BCUT2D eigenvalue weighted by molar-refractivity contribution is 0.206. The van der Waals surface area contributed by atoms with Crippen LogP contribution < -0.4 is 5.32 Å². The van der Waals surface area contributed by atoms with Crippen LogP contribution in [-0.4, -0.2) is 34.3 Å². The molecule has 18 heavy (non-hydrogen) atoms. The Balaban J connectivity index is 2.49. The molecule has 0 aliphatic carbocycles. The van der Waals surface area contributed by atoms with Gasteiger partial charge in [-0.15, -0.1) is 0 Å². The van der Waals surface area contributed by atoms with Gasteiger partial charge in [0.15, 0.2) is 0 Å². The van der Waals surface area contributed by atoms with Crippen LogP contribution in [0.25, 0.3) is 0 Å². The van der Waals surface area contributed by atoms with Crippen molar-refractivity contribution in [2.75, 3.05) is 13.6 Å². The van der Waals surface area contributed by atoms with E-state index in [-0.39, 0.29) is 6.03 Å². The Morgan fingerprint density at radius 2 is 2.28 bits per heavy atom. The molecular weight excluding hydrogens is 252 g/mol. The highest BCUT2D eigenvalue weighted by atomic mass is 35.5. The van der Waals surface area contributed by atoms with Crippen LogP contribution in [0.1, 0.15) is 32.4 Å². The van der Waals surface area contributed by atoms with Crippen LogP contribution in [0.5, 0.6) is 0 Å². The number of aryl methyl sites for hydroxylation is 1. The zero-order valence-corrected chi connectivity index (χ0v) is 12.0. The molecular formula is C12H21ClN4O. The molecule has 0 unspecified atom stereocenters. The maximum atomic E-state index is 11.7. The number of amides is 2. The SMILES string of the molecule is CCCCNC(=O)N(C)Cc1nn(CC)cc1Cl. The van der Waals surface area contributed by atoms with Gasteiger partial charge in [-0.05, 0) is 13.3 Å². The zero-order chi connectivity index (χ0) is 13.5. The van der Waals surface area contributed by atoms with Gasteiger partial charge in [-0.3, -0.25) is 4.68 Å². The predicted octanol–water partition coefficient (Wildman–Crippen LogP) is 2.50. The second-order valence-corrected chi connectivity index (χ2v) is 4.63. The molecule has 0 spiro atoms. The molecule has 0 aliphatic heterocycles. The summed E-state index contributed by atoms with van der Waals surface area (Å²) in [7, 11) is 1.74. The summed E-state index contributed by atoms with van der Waals surface area (Å²) < 4.78 is 1.76. The first-order valence-corrected chi connectivity index (χ1v) is 6.67. The number of nitrogens with one attached hydrogen (secondary N) is 1. The summed E-state index contributed by atoms with van der Waals surface area (Å²) in [6, 6.07) is -0.0921. The fourth-order valence-corrected chi connectivity index (χ4v) is 1.72. The van der Waals surface area contributed by atoms with Crippen molar-refractivity contribution in [3.8, 4) is 0 Å². The largest absolute Gasteiger partial charge is 0.338 e. The number of carbonyl (C=O) groups is 1. The molecule has 0 saturated carbocycles. The van der Waals surface area contributed by atoms with E-state index in [0.717, 1.165) is 25.1 Å². The fourth-order valence-electron chi connectivity index (χ4n) is 1.51. The smallest absolute Gasteiger partial charge is 0.317 e. The highest BCUT2D eigenvalue weighted by molar-refractivity contribution is 6.31. The number of carbonyl (C=O) groups excluding carboxylic acids is 1. The second kappa shape index (κ2) is 7.26. The lowest BCUT2D eigenvalue weighted by atomic mass is 10.3. The van der Waals surface area contributed by atoms with Gasteiger partial charge in [-0.25, -0.2) is 4.79 Å². The van der Waals surface area contributed by atoms with Gasteiger partial charge in [0.05, 0.1) is 11.6 Å². The van der Waals surface area contributed by atoms with Gasteiger partial charge < -0.3 is 10.2 Å². The molecule has 1 aromatic heterocycles. The van der Waals surface area contributed by atoms with E-state index in [2.05, 4.69) is 17.3 Å². The summed E-state index contributed by atoms with van der Waals surface area (Å²) >= 11 is 6.06. The van der Waals surface area contributed by atoms with E-state index in [1.54, 1.807) is 22.8 Å². The summed E-state index contributed by atoms with van der Waals surface area (Å²) in [6.07, 6.45) is 3.83. The first-order valence-electron chi connectivity index (χ1n) is 6.29. The molecule has 2 amide bonds. The van der Waals surface area contributed by atoms with Crippen LogP contribution in [0.2, 0.25) is 5.02 Å². The third-order valence-electron chi connectivity index (χ3n) is 2.65. The summed E-state index contributed by atoms with van der Waals surface area (Å²) in [5.74, 6) is 0. The van der Waals surface area contributed by atoms with Gasteiger partial charge in [0, 0.05) is 26.3 Å². The fraction of sp³-hybridized carbons (Fsp3) is 0.667. The van der Waals surface area contributed by atoms with Crippen molar-refractivity contribution < 1.29 is 4.79 Å². The first-order chi connectivity index (χ1) is 8.58. The second-order valence-electron chi connectivity index (χ2n) is 4.22. The van der Waals surface area contributed by atoms with Crippen LogP contribution >= 0.6 is 11.6 Å². The number of hydrogen-bond acceptors (Lipinski definition) is 2. The van der Waals surface area contributed by atoms with Gasteiger partial charge in [0.2, 0.25) is 0 Å². The van der Waals surface area contributed by atoms with Crippen LogP contribution in [-0.2, 0) is 13.1 Å². The summed E-state index contributed by atoms with van der Waals surface area (Å²) in [6.45, 7) is 5.98. The maximum absolute atomic E-state index is 11.7. The molecule has 0 fully saturated rings. The maximum Gasteiger partial charge on any atom is 0.317 e. The molecule has 0 bridgehead atoms. The average molecular weight is 273 g/mol. The lowest BCUT2D eigenvalue weighted by Crippen LogP contribution is -2.37. The third-order valence-corrected chi connectivity index (χ3v) is 2.97. The molecule has 102 valence electrons. The number of halogens is 1. The van der Waals surface area contributed by atoms with Gasteiger partial charge in [-0.2, -0.15) is 5.10 Å². The summed E-state index contributed by atoms with van der Waals surface area (Å²) in [4.78, 5) is 13.3. The highest BCUT2D eigenvalue weighted by Gasteiger charge is 2.13. The third kappa shape index (κ3) is 4.22. The van der Waals surface area contributed by atoms with Crippen molar-refractivity contribution >= 4 is 17.6 Å². The zero-order valence-electron chi connectivity index (χ0n) is 11.2. The Morgan fingerprint density at radius 1 is 1.56 bits per heavy atom. The molecule has 0 radical (unpaired) electrons. The number of rotatable bonds is 6. The molecule has 0 saturated heterocycles. The van der Waals surface area contributed by atoms with E-state index in [1.165, 1.54) is 0 Å². The number of aromatic nitrogens is 2. The normalized spacial score (nSPS) is 10.4. The molecule has 1 heterocycles. The summed E-state index contributed by atoms with van der Waals surface area (Å²) in [5, 5.41) is 7.77. The van der Waals surface area contributed by atoms with Crippen LogP contribution in [0, 0.1) is 0 Å². The van der Waals surface area contributed by atoms with E-state index in [1.807, 2.05) is 6.92 Å². The molecule has 0 atom stereocenters. The van der Waals surface area contributed by atoms with E-state index in [9.17, 15) is 4.79 Å². The minimum absolute atomic E-state index is 0.0921. The Morgan fingerprint density at radius 3 is 2.83 bits per heavy atom. The number of urea groups is 1. The topological polar surface area (TPSA) is 50.2 Å². The Kier molecular flexibility index (Phi) is 5.98. The predicted molar refractivity (Wildman–Crippen MR) is 72.7 cm³/mol. The summed E-state index contributed by atoms with van der Waals surface area (Å²) in [5.41, 5.74) is 0.728. The van der Waals surface area contributed by atoms with E-state index in [4.69, 9.17) is 11.6 Å². The number of unbranched alkanes of at least 4 members (excludes halogenated alkanes) is 1. The van der Waals surface area contributed by atoms with Gasteiger partial charge in [0.1, 0.15) is 5.69 Å². The standard InChI is InChI=1S/C12H21ClN4O/c1-4-6-7-14-12(18)16(3)9-11-10(13)8-17(5-2)15-11/h8H,4-7,9H2,1-3H3,(H,14,18). The Labute approximate surface area is 113 Å². The first kappa shape index (κ1) is 14.8. The van der Waals surface area contributed by atoms with E-state index < -0.39 is 0 Å². The molecule has 0 aliphatic rings. The van der Waals surface area contributed by atoms with Crippen LogP contribution in [0.15, 0.2) is 6.20 Å². The van der Waals surface area contributed by atoms with Gasteiger partial charge >= 0.3 is 6.03 Å². The van der Waals surface area contributed by atoms with Crippen molar-refractivity contribution in [2.45, 2.75) is 39.8 Å². The molecule has 6 heteroatoms. The minimum Gasteiger partial charge on any atom is -0.338 e. The Bertz CT molecular complexity index is 391. The van der Waals surface area contributed by atoms with Crippen molar-refractivity contribution in [1.29, 1.82) is 0 Å². The van der Waals surface area contributed by atoms with Gasteiger partial charge in [-0.1, -0.05) is 24.9 Å². The van der Waals surface area contributed by atoms with Crippen molar-refractivity contribution in [1.82, 2.24) is 20.0 Å². The van der Waals surface area contributed by atoms with E-state index >= 15 is 0 Å². The lowest BCUT2D eigenvalue weighted by Gasteiger charge is -2.16. The van der Waals surface area contributed by atoms with Gasteiger partial charge in [0.25, 0.3) is 0 Å².